The minimum Gasteiger partial charge on any atom is -0.530 e. The Morgan fingerprint density at radius 3 is 1.93 bits per heavy atom. The van der Waals surface area contributed by atoms with E-state index in [2.05, 4.69) is 129 Å². The van der Waals surface area contributed by atoms with Crippen LogP contribution in [0.2, 0.25) is 25.7 Å². The van der Waals surface area contributed by atoms with Gasteiger partial charge in [0.05, 0.1) is 19.3 Å². The highest BCUT2D eigenvalue weighted by atomic mass is 28.3. The Bertz CT molecular complexity index is 2090. The third-order valence-corrected chi connectivity index (χ3v) is 12.6. The topological polar surface area (TPSA) is 80.3 Å². The molecule has 1 fully saturated rings. The summed E-state index contributed by atoms with van der Waals surface area (Å²) in [7, 11) is -1.23. The van der Waals surface area contributed by atoms with Crippen molar-refractivity contribution in [2.24, 2.45) is 0 Å². The Hall–Kier alpha value is -5.25. The number of carboxylic acid groups (broad SMARTS) is 1. The highest BCUT2D eigenvalue weighted by molar-refractivity contribution is 6.76. The maximum atomic E-state index is 12.1. The number of carbonyl (C=O) groups excluding carboxylic acids is 1. The number of likely N-dealkylation sites (tertiary alicyclic amines) is 1. The van der Waals surface area contributed by atoms with Crippen molar-refractivity contribution >= 4 is 24.9 Å². The molecule has 0 aromatic heterocycles. The maximum absolute atomic E-state index is 12.1. The molecule has 6 aromatic carbocycles. The zero-order chi connectivity index (χ0) is 39.7. The fourth-order valence-corrected chi connectivity index (χ4v) is 8.52. The Balaban J connectivity index is 1.10. The van der Waals surface area contributed by atoms with Crippen molar-refractivity contribution < 1.29 is 28.8 Å². The van der Waals surface area contributed by atoms with Gasteiger partial charge >= 0.3 is 0 Å². The van der Waals surface area contributed by atoms with Gasteiger partial charge in [-0.2, -0.15) is 0 Å². The minimum absolute atomic E-state index is 0.0256. The van der Waals surface area contributed by atoms with Gasteiger partial charge in [0.2, 0.25) is 0 Å². The third-order valence-electron chi connectivity index (χ3n) is 10.9. The predicted octanol–water partition coefficient (Wildman–Crippen LogP) is 9.76. The SMILES string of the molecule is C[Si](C)(C)CCOCOc1c(COC2CN(C(=O)[O-])CCC2c2ccc(COC(c3ccccc3)(c3ccccc3)c3ccccc3)cc2)ccc2ccccc12. The van der Waals surface area contributed by atoms with Crippen LogP contribution >= 0.6 is 0 Å². The van der Waals surface area contributed by atoms with Gasteiger partial charge in [0.15, 0.2) is 6.79 Å². The number of carbonyl (C=O) groups is 1. The van der Waals surface area contributed by atoms with E-state index in [1.54, 1.807) is 0 Å². The van der Waals surface area contributed by atoms with Crippen molar-refractivity contribution in [3.05, 3.63) is 185 Å². The number of hydrogen-bond acceptors (Lipinski definition) is 6. The molecule has 1 saturated heterocycles. The summed E-state index contributed by atoms with van der Waals surface area (Å²) in [6.07, 6.45) is -0.967. The summed E-state index contributed by atoms with van der Waals surface area (Å²) in [5.74, 6) is 0.703. The van der Waals surface area contributed by atoms with Crippen molar-refractivity contribution in [3.8, 4) is 5.75 Å². The van der Waals surface area contributed by atoms with Gasteiger partial charge in [-0.05, 0) is 45.7 Å². The average molecular weight is 779 g/mol. The molecule has 1 aliphatic rings. The van der Waals surface area contributed by atoms with Crippen LogP contribution in [0.1, 0.15) is 45.7 Å². The molecule has 0 bridgehead atoms. The molecule has 0 aliphatic carbocycles. The number of rotatable bonds is 16. The molecule has 0 N–H and O–H groups in total. The van der Waals surface area contributed by atoms with Crippen molar-refractivity contribution in [3.63, 3.8) is 0 Å². The largest absolute Gasteiger partial charge is 0.530 e. The van der Waals surface area contributed by atoms with Crippen LogP contribution in [-0.4, -0.2) is 51.7 Å². The first-order valence-corrected chi connectivity index (χ1v) is 23.6. The van der Waals surface area contributed by atoms with Gasteiger partial charge in [0, 0.05) is 44.6 Å². The monoisotopic (exact) mass is 778 g/mol. The minimum atomic E-state index is -1.23. The molecule has 0 spiro atoms. The molecule has 294 valence electrons. The van der Waals surface area contributed by atoms with E-state index in [0.29, 0.717) is 26.2 Å². The third kappa shape index (κ3) is 9.66. The Morgan fingerprint density at radius 2 is 1.33 bits per heavy atom. The highest BCUT2D eigenvalue weighted by Crippen LogP contribution is 2.41. The van der Waals surface area contributed by atoms with E-state index >= 15 is 0 Å². The van der Waals surface area contributed by atoms with Crippen LogP contribution in [0.5, 0.6) is 5.75 Å². The summed E-state index contributed by atoms with van der Waals surface area (Å²) in [4.78, 5) is 13.4. The average Bonchev–Trinajstić information content (AvgIpc) is 3.24. The second kappa shape index (κ2) is 18.3. The molecule has 1 amide bonds. The van der Waals surface area contributed by atoms with E-state index in [4.69, 9.17) is 18.9 Å². The van der Waals surface area contributed by atoms with Gasteiger partial charge in [-0.15, -0.1) is 0 Å². The van der Waals surface area contributed by atoms with Crippen LogP contribution in [-0.2, 0) is 33.0 Å². The summed E-state index contributed by atoms with van der Waals surface area (Å²) >= 11 is 0. The molecule has 2 atom stereocenters. The lowest BCUT2D eigenvalue weighted by Crippen LogP contribution is -2.51. The molecule has 8 heteroatoms. The van der Waals surface area contributed by atoms with Crippen molar-refractivity contribution in [2.75, 3.05) is 26.5 Å². The van der Waals surface area contributed by atoms with Gasteiger partial charge in [-0.25, -0.2) is 0 Å². The number of nitrogens with zero attached hydrogens (tertiary/aromatic N) is 1. The zero-order valence-electron chi connectivity index (χ0n) is 33.1. The molecule has 1 heterocycles. The first-order valence-electron chi connectivity index (χ1n) is 19.9. The van der Waals surface area contributed by atoms with Crippen LogP contribution in [0.4, 0.5) is 4.79 Å². The predicted molar refractivity (Wildman–Crippen MR) is 227 cm³/mol. The molecule has 57 heavy (non-hydrogen) atoms. The number of amides is 1. The molecule has 7 nitrogen and oxygen atoms in total. The van der Waals surface area contributed by atoms with E-state index in [1.807, 2.05) is 42.5 Å². The van der Waals surface area contributed by atoms with Gasteiger partial charge < -0.3 is 33.7 Å². The summed E-state index contributed by atoms with van der Waals surface area (Å²) in [5.41, 5.74) is 5.33. The van der Waals surface area contributed by atoms with Crippen LogP contribution in [0, 0.1) is 0 Å². The quantitative estimate of drug-likeness (QED) is 0.0422. The van der Waals surface area contributed by atoms with Crippen LogP contribution in [0.15, 0.2) is 152 Å². The second-order valence-electron chi connectivity index (χ2n) is 16.0. The standard InChI is InChI=1S/C49H53NO6Si/c1-57(2,3)32-31-53-36-55-47-40(28-27-38-15-13-14-22-45(38)47)35-54-46-33-50(48(51)52)30-29-44(46)39-25-23-37(24-26-39)34-56-49(41-16-7-4-8-17-41,42-18-9-5-10-19-42)43-20-11-6-12-21-43/h4-28,44,46H,29-36H2,1-3H3,(H,51,52)/p-1. The molecule has 2 unspecified atom stereocenters. The van der Waals surface area contributed by atoms with E-state index in [9.17, 15) is 9.90 Å². The lowest BCUT2D eigenvalue weighted by molar-refractivity contribution is -0.268. The smallest absolute Gasteiger partial charge is 0.189 e. The first-order chi connectivity index (χ1) is 27.7. The van der Waals surface area contributed by atoms with Gasteiger partial charge in [0.25, 0.3) is 0 Å². The van der Waals surface area contributed by atoms with Crippen molar-refractivity contribution in [1.82, 2.24) is 4.90 Å². The Morgan fingerprint density at radius 1 is 0.737 bits per heavy atom. The summed E-state index contributed by atoms with van der Waals surface area (Å²) in [6.45, 7) is 9.02. The highest BCUT2D eigenvalue weighted by Gasteiger charge is 2.38. The number of fused-ring (bicyclic) bond motifs is 1. The maximum Gasteiger partial charge on any atom is 0.189 e. The van der Waals surface area contributed by atoms with E-state index in [0.717, 1.165) is 55.9 Å². The molecular formula is C49H52NO6Si-. The zero-order valence-corrected chi connectivity index (χ0v) is 34.1. The summed E-state index contributed by atoms with van der Waals surface area (Å²) in [6, 6.07) is 52.9. The first kappa shape index (κ1) is 40.0. The van der Waals surface area contributed by atoms with E-state index in [-0.39, 0.29) is 25.9 Å². The van der Waals surface area contributed by atoms with Crippen molar-refractivity contribution in [2.45, 2.75) is 62.9 Å². The van der Waals surface area contributed by atoms with E-state index in [1.165, 1.54) is 4.90 Å². The fourth-order valence-electron chi connectivity index (χ4n) is 7.76. The number of hydrogen-bond donors (Lipinski definition) is 0. The van der Waals surface area contributed by atoms with Gasteiger partial charge in [-0.3, -0.25) is 0 Å². The number of piperidine rings is 1. The van der Waals surface area contributed by atoms with Crippen LogP contribution in [0.25, 0.3) is 10.8 Å². The van der Waals surface area contributed by atoms with Crippen LogP contribution in [0.3, 0.4) is 0 Å². The van der Waals surface area contributed by atoms with Gasteiger partial charge in [0.1, 0.15) is 17.4 Å². The van der Waals surface area contributed by atoms with Crippen molar-refractivity contribution in [1.29, 1.82) is 0 Å². The Labute approximate surface area is 337 Å². The fraction of sp³-hybridized carbons (Fsp3) is 0.286. The summed E-state index contributed by atoms with van der Waals surface area (Å²) < 4.78 is 26.0. The summed E-state index contributed by atoms with van der Waals surface area (Å²) in [5, 5.41) is 14.1. The van der Waals surface area contributed by atoms with E-state index < -0.39 is 25.9 Å². The van der Waals surface area contributed by atoms with Crippen LogP contribution < -0.4 is 9.84 Å². The molecule has 1 aliphatic heterocycles. The second-order valence-corrected chi connectivity index (χ2v) is 21.6. The number of benzene rings is 6. The molecule has 0 radical (unpaired) electrons. The lowest BCUT2D eigenvalue weighted by atomic mass is 9.80. The molecule has 0 saturated carbocycles. The molecular weight excluding hydrogens is 727 g/mol. The molecule has 6 aromatic rings. The number of ether oxygens (including phenoxy) is 4. The lowest BCUT2D eigenvalue weighted by Gasteiger charge is -2.40. The normalized spacial score (nSPS) is 16.1. The van der Waals surface area contributed by atoms with Gasteiger partial charge in [-0.1, -0.05) is 171 Å². The Kier molecular flexibility index (Phi) is 12.9. The molecule has 7 rings (SSSR count).